The van der Waals surface area contributed by atoms with Crippen molar-refractivity contribution in [2.45, 2.75) is 19.9 Å². The third-order valence-electron chi connectivity index (χ3n) is 4.54. The molecule has 1 atom stereocenters. The van der Waals surface area contributed by atoms with E-state index in [0.29, 0.717) is 0 Å². The number of esters is 1. The molecule has 0 N–H and O–H groups in total. The summed E-state index contributed by atoms with van der Waals surface area (Å²) < 4.78 is 6.87. The molecule has 8 heteroatoms. The SMILES string of the molecule is CCOC(=O)C(C)N1C(=O)S/C(=C\c2cccn2-c2ccc(N(C)C)cc2)C1=O. The van der Waals surface area contributed by atoms with Crippen LogP contribution in [0.4, 0.5) is 10.5 Å². The Morgan fingerprint density at radius 3 is 2.52 bits per heavy atom. The first-order valence-corrected chi connectivity index (χ1v) is 10.0. The summed E-state index contributed by atoms with van der Waals surface area (Å²) in [6, 6.07) is 10.8. The fraction of sp³-hybridized carbons (Fsp3) is 0.286. The molecule has 1 fully saturated rings. The predicted octanol–water partition coefficient (Wildman–Crippen LogP) is 3.53. The van der Waals surface area contributed by atoms with E-state index in [1.165, 1.54) is 6.92 Å². The lowest BCUT2D eigenvalue weighted by atomic mass is 10.2. The van der Waals surface area contributed by atoms with Gasteiger partial charge in [0.2, 0.25) is 0 Å². The molecule has 0 bridgehead atoms. The van der Waals surface area contributed by atoms with E-state index in [9.17, 15) is 14.4 Å². The molecule has 2 aromatic rings. The number of carbonyl (C=O) groups is 3. The van der Waals surface area contributed by atoms with E-state index >= 15 is 0 Å². The fourth-order valence-corrected chi connectivity index (χ4v) is 3.87. The number of nitrogens with zero attached hydrogens (tertiary/aromatic N) is 3. The lowest BCUT2D eigenvalue weighted by Crippen LogP contribution is -2.42. The summed E-state index contributed by atoms with van der Waals surface area (Å²) in [6.45, 7) is 3.36. The van der Waals surface area contributed by atoms with Gasteiger partial charge in [-0.25, -0.2) is 4.79 Å². The molecule has 1 unspecified atom stereocenters. The second-order valence-corrected chi connectivity index (χ2v) is 7.69. The number of thioether (sulfide) groups is 1. The van der Waals surface area contributed by atoms with Gasteiger partial charge < -0.3 is 14.2 Å². The normalized spacial score (nSPS) is 16.4. The van der Waals surface area contributed by atoms with Gasteiger partial charge >= 0.3 is 5.97 Å². The minimum Gasteiger partial charge on any atom is -0.464 e. The molecule has 1 aromatic carbocycles. The highest BCUT2D eigenvalue weighted by atomic mass is 32.2. The Balaban J connectivity index is 1.87. The van der Waals surface area contributed by atoms with Crippen molar-refractivity contribution < 1.29 is 19.1 Å². The van der Waals surface area contributed by atoms with Gasteiger partial charge in [-0.2, -0.15) is 0 Å². The Bertz CT molecular complexity index is 963. The van der Waals surface area contributed by atoms with Crippen molar-refractivity contribution in [3.05, 3.63) is 53.2 Å². The number of aromatic nitrogens is 1. The van der Waals surface area contributed by atoms with E-state index in [4.69, 9.17) is 4.74 Å². The maximum Gasteiger partial charge on any atom is 0.329 e. The van der Waals surface area contributed by atoms with Crippen LogP contribution in [0.5, 0.6) is 0 Å². The Hall–Kier alpha value is -3.00. The maximum absolute atomic E-state index is 12.8. The van der Waals surface area contributed by atoms with Gasteiger partial charge in [0.1, 0.15) is 6.04 Å². The predicted molar refractivity (Wildman–Crippen MR) is 114 cm³/mol. The fourth-order valence-electron chi connectivity index (χ4n) is 2.97. The first-order chi connectivity index (χ1) is 13.8. The molecule has 0 spiro atoms. The highest BCUT2D eigenvalue weighted by Gasteiger charge is 2.41. The van der Waals surface area contributed by atoms with Crippen molar-refractivity contribution in [3.63, 3.8) is 0 Å². The quantitative estimate of drug-likeness (QED) is 0.533. The summed E-state index contributed by atoms with van der Waals surface area (Å²) in [5, 5.41) is -0.477. The number of hydrogen-bond donors (Lipinski definition) is 0. The Morgan fingerprint density at radius 2 is 1.90 bits per heavy atom. The highest BCUT2D eigenvalue weighted by Crippen LogP contribution is 2.34. The average Bonchev–Trinajstić information content (AvgIpc) is 3.26. The van der Waals surface area contributed by atoms with Gasteiger partial charge in [0.05, 0.1) is 11.5 Å². The Labute approximate surface area is 173 Å². The monoisotopic (exact) mass is 413 g/mol. The molecule has 152 valence electrons. The van der Waals surface area contributed by atoms with Crippen LogP contribution in [-0.2, 0) is 14.3 Å². The largest absolute Gasteiger partial charge is 0.464 e. The van der Waals surface area contributed by atoms with Crippen LogP contribution in [-0.4, -0.2) is 53.3 Å². The number of ether oxygens (including phenoxy) is 1. The molecule has 2 heterocycles. The topological polar surface area (TPSA) is 71.8 Å². The van der Waals surface area contributed by atoms with E-state index in [1.807, 2.05) is 66.2 Å². The Kier molecular flexibility index (Phi) is 6.12. The zero-order valence-electron chi connectivity index (χ0n) is 16.8. The van der Waals surface area contributed by atoms with E-state index in [-0.39, 0.29) is 11.5 Å². The second-order valence-electron chi connectivity index (χ2n) is 6.69. The number of carbonyl (C=O) groups excluding carboxylic acids is 3. The van der Waals surface area contributed by atoms with Crippen LogP contribution in [0.25, 0.3) is 11.8 Å². The summed E-state index contributed by atoms with van der Waals surface area (Å²) in [5.41, 5.74) is 2.78. The molecule has 1 aliphatic heterocycles. The molecule has 0 radical (unpaired) electrons. The second kappa shape index (κ2) is 8.57. The van der Waals surface area contributed by atoms with E-state index < -0.39 is 23.2 Å². The van der Waals surface area contributed by atoms with Crippen LogP contribution in [0.2, 0.25) is 0 Å². The lowest BCUT2D eigenvalue weighted by molar-refractivity contribution is -0.150. The van der Waals surface area contributed by atoms with Gasteiger partial charge in [0, 0.05) is 37.4 Å². The van der Waals surface area contributed by atoms with Crippen molar-refractivity contribution in [2.24, 2.45) is 0 Å². The average molecular weight is 413 g/mol. The van der Waals surface area contributed by atoms with Gasteiger partial charge in [0.15, 0.2) is 0 Å². The number of imide groups is 1. The zero-order valence-corrected chi connectivity index (χ0v) is 17.6. The highest BCUT2D eigenvalue weighted by molar-refractivity contribution is 8.18. The number of hydrogen-bond acceptors (Lipinski definition) is 6. The van der Waals surface area contributed by atoms with Crippen LogP contribution in [0.1, 0.15) is 19.5 Å². The molecule has 0 aliphatic carbocycles. The minimum absolute atomic E-state index is 0.190. The number of benzene rings is 1. The van der Waals surface area contributed by atoms with E-state index in [0.717, 1.165) is 33.7 Å². The molecule has 1 aromatic heterocycles. The molecule has 0 saturated carbocycles. The standard InChI is InChI=1S/C21H23N3O4S/c1-5-28-20(26)14(2)24-19(25)18(29-21(24)27)13-17-7-6-12-23(17)16-10-8-15(9-11-16)22(3)4/h6-14H,5H2,1-4H3/b18-13-. The van der Waals surface area contributed by atoms with Crippen LogP contribution < -0.4 is 4.90 Å². The van der Waals surface area contributed by atoms with Crippen molar-refractivity contribution in [1.29, 1.82) is 0 Å². The van der Waals surface area contributed by atoms with Gasteiger partial charge in [-0.15, -0.1) is 0 Å². The zero-order chi connectivity index (χ0) is 21.1. The van der Waals surface area contributed by atoms with Crippen molar-refractivity contribution in [1.82, 2.24) is 9.47 Å². The smallest absolute Gasteiger partial charge is 0.329 e. The number of anilines is 1. The van der Waals surface area contributed by atoms with Gasteiger partial charge in [-0.05, 0) is 68.1 Å². The number of amides is 2. The summed E-state index contributed by atoms with van der Waals surface area (Å²) in [5.74, 6) is -1.09. The number of rotatable bonds is 6. The first-order valence-electron chi connectivity index (χ1n) is 9.22. The summed E-state index contributed by atoms with van der Waals surface area (Å²) >= 11 is 0.825. The minimum atomic E-state index is -0.960. The maximum atomic E-state index is 12.8. The summed E-state index contributed by atoms with van der Waals surface area (Å²) in [4.78, 5) is 40.3. The van der Waals surface area contributed by atoms with Gasteiger partial charge in [-0.1, -0.05) is 0 Å². The third kappa shape index (κ3) is 4.22. The van der Waals surface area contributed by atoms with Crippen molar-refractivity contribution >= 4 is 40.6 Å². The lowest BCUT2D eigenvalue weighted by Gasteiger charge is -2.19. The molecule has 1 aliphatic rings. The van der Waals surface area contributed by atoms with Crippen LogP contribution in [0, 0.1) is 0 Å². The first kappa shape index (κ1) is 20.7. The van der Waals surface area contributed by atoms with Crippen LogP contribution in [0.3, 0.4) is 0 Å². The van der Waals surface area contributed by atoms with Gasteiger partial charge in [0.25, 0.3) is 11.1 Å². The van der Waals surface area contributed by atoms with Crippen molar-refractivity contribution in [3.8, 4) is 5.69 Å². The summed E-state index contributed by atoms with van der Waals surface area (Å²) in [6.07, 6.45) is 3.56. The summed E-state index contributed by atoms with van der Waals surface area (Å²) in [7, 11) is 3.95. The van der Waals surface area contributed by atoms with Crippen LogP contribution in [0.15, 0.2) is 47.5 Å². The molecule has 1 saturated heterocycles. The van der Waals surface area contributed by atoms with E-state index in [1.54, 1.807) is 13.0 Å². The third-order valence-corrected chi connectivity index (χ3v) is 5.43. The Morgan fingerprint density at radius 1 is 1.21 bits per heavy atom. The molecule has 7 nitrogen and oxygen atoms in total. The van der Waals surface area contributed by atoms with Crippen LogP contribution >= 0.6 is 11.8 Å². The van der Waals surface area contributed by atoms with E-state index in [2.05, 4.69) is 0 Å². The molecular formula is C21H23N3O4S. The molecule has 2 amide bonds. The van der Waals surface area contributed by atoms with Crippen molar-refractivity contribution in [2.75, 3.05) is 25.6 Å². The van der Waals surface area contributed by atoms with Gasteiger partial charge in [-0.3, -0.25) is 14.5 Å². The molecule has 3 rings (SSSR count). The molecular weight excluding hydrogens is 390 g/mol. The molecule has 29 heavy (non-hydrogen) atoms.